The number of aliphatic hydroxyl groups is 3. The van der Waals surface area contributed by atoms with Gasteiger partial charge in [-0.15, -0.1) is 0 Å². The number of aliphatic hydroxyl groups excluding tert-OH is 2. The molecule has 0 bridgehead atoms. The molecule has 1 saturated carbocycles. The molecule has 0 spiro atoms. The molecule has 11 heteroatoms. The largest absolute Gasteiger partial charge is 0.508 e. The van der Waals surface area contributed by atoms with Crippen LogP contribution in [0.5, 0.6) is 5.75 Å². The predicted molar refractivity (Wildman–Crippen MR) is 181 cm³/mol. The summed E-state index contributed by atoms with van der Waals surface area (Å²) < 4.78 is 0. The van der Waals surface area contributed by atoms with Gasteiger partial charge in [0.15, 0.2) is 11.4 Å². The Morgan fingerprint density at radius 3 is 2.36 bits per heavy atom. The average Bonchev–Trinajstić information content (AvgIpc) is 2.99. The second kappa shape index (κ2) is 14.4. The molecule has 2 aromatic carbocycles. The summed E-state index contributed by atoms with van der Waals surface area (Å²) in [4.78, 5) is 42.8. The first kappa shape index (κ1) is 35.8. The van der Waals surface area contributed by atoms with Gasteiger partial charge in [0.2, 0.25) is 5.78 Å². The summed E-state index contributed by atoms with van der Waals surface area (Å²) in [6.45, 7) is 7.58. The standard InChI is InChI=1S/C28H28N2O7.C8H20N2/c1-12-5-4-6-13(9-12)15-7-8-18(31)20-16(15)10-14-11-17-22(30(2)3)24(33)21(27(29)36)26(35)28(17,37)25(34)19(14)23(20)32;1-4-9-7-5-6-8-10(2)3/h4-9,14,17,22,31-32,35,37H,10-11H2,1-3H3,(H2,29,36);9H,4-8H2,1-3H3/t14-,17-,22-,28-;/m0./s1. The van der Waals surface area contributed by atoms with Gasteiger partial charge >= 0.3 is 0 Å². The molecule has 4 atom stereocenters. The van der Waals surface area contributed by atoms with Crippen LogP contribution in [-0.4, -0.2) is 107 Å². The number of fused-ring (bicyclic) bond motifs is 3. The highest BCUT2D eigenvalue weighted by Crippen LogP contribution is 2.53. The van der Waals surface area contributed by atoms with Crippen LogP contribution in [0.1, 0.15) is 42.9 Å². The van der Waals surface area contributed by atoms with Gasteiger partial charge in [-0.25, -0.2) is 0 Å². The van der Waals surface area contributed by atoms with Crippen LogP contribution in [-0.2, 0) is 20.8 Å². The van der Waals surface area contributed by atoms with Crippen LogP contribution in [0.4, 0.5) is 0 Å². The number of phenolic OH excluding ortho intramolecular Hbond substituents is 1. The third kappa shape index (κ3) is 6.71. The zero-order valence-electron chi connectivity index (χ0n) is 28.1. The van der Waals surface area contributed by atoms with Crippen LogP contribution >= 0.6 is 0 Å². The van der Waals surface area contributed by atoms with Crippen molar-refractivity contribution in [2.24, 2.45) is 17.6 Å². The molecule has 1 fully saturated rings. The average molecular weight is 649 g/mol. The first-order valence-electron chi connectivity index (χ1n) is 16.1. The van der Waals surface area contributed by atoms with Gasteiger partial charge in [0.1, 0.15) is 22.8 Å². The molecule has 254 valence electrons. The van der Waals surface area contributed by atoms with Crippen LogP contribution in [0.25, 0.3) is 16.9 Å². The highest BCUT2D eigenvalue weighted by molar-refractivity contribution is 6.24. The zero-order valence-corrected chi connectivity index (χ0v) is 28.1. The van der Waals surface area contributed by atoms with Gasteiger partial charge in [0.05, 0.1) is 11.6 Å². The lowest BCUT2D eigenvalue weighted by atomic mass is 9.57. The van der Waals surface area contributed by atoms with Crippen molar-refractivity contribution in [2.45, 2.75) is 51.2 Å². The van der Waals surface area contributed by atoms with Gasteiger partial charge in [0, 0.05) is 11.5 Å². The van der Waals surface area contributed by atoms with Crippen molar-refractivity contribution in [1.82, 2.24) is 15.1 Å². The molecule has 0 aliphatic heterocycles. The lowest BCUT2D eigenvalue weighted by molar-refractivity contribution is -0.153. The molecular weight excluding hydrogens is 600 g/mol. The number of nitrogens with zero attached hydrogens (tertiary/aromatic N) is 2. The summed E-state index contributed by atoms with van der Waals surface area (Å²) in [5, 5.41) is 47.9. The third-order valence-corrected chi connectivity index (χ3v) is 9.39. The van der Waals surface area contributed by atoms with Gasteiger partial charge < -0.3 is 36.4 Å². The summed E-state index contributed by atoms with van der Waals surface area (Å²) in [6, 6.07) is 9.82. The van der Waals surface area contributed by atoms with E-state index in [2.05, 4.69) is 31.2 Å². The summed E-state index contributed by atoms with van der Waals surface area (Å²) in [7, 11) is 7.38. The number of rotatable bonds is 9. The number of benzene rings is 2. The number of likely N-dealkylation sites (N-methyl/N-ethyl adjacent to an activating group) is 1. The van der Waals surface area contributed by atoms with Gasteiger partial charge in [0.25, 0.3) is 5.91 Å². The molecular formula is C36H48N4O7. The van der Waals surface area contributed by atoms with Gasteiger partial charge in [-0.1, -0.05) is 42.8 Å². The van der Waals surface area contributed by atoms with Crippen LogP contribution in [0.3, 0.4) is 0 Å². The van der Waals surface area contributed by atoms with Crippen molar-refractivity contribution in [3.63, 3.8) is 0 Å². The fraction of sp³-hybridized carbons (Fsp3) is 0.472. The summed E-state index contributed by atoms with van der Waals surface area (Å²) in [6.07, 6.45) is 2.90. The number of amides is 1. The lowest BCUT2D eigenvalue weighted by Crippen LogP contribution is -2.65. The quantitative estimate of drug-likeness (QED) is 0.175. The Morgan fingerprint density at radius 1 is 1.06 bits per heavy atom. The first-order chi connectivity index (χ1) is 22.2. The van der Waals surface area contributed by atoms with E-state index in [1.807, 2.05) is 31.2 Å². The van der Waals surface area contributed by atoms with Crippen molar-refractivity contribution in [3.05, 3.63) is 70.0 Å². The molecule has 7 N–H and O–H groups in total. The number of aryl methyl sites for hydroxylation is 1. The maximum absolute atomic E-state index is 13.9. The molecule has 5 rings (SSSR count). The van der Waals surface area contributed by atoms with E-state index >= 15 is 0 Å². The van der Waals surface area contributed by atoms with E-state index < -0.39 is 58.0 Å². The second-order valence-corrected chi connectivity index (χ2v) is 13.2. The number of hydrogen-bond donors (Lipinski definition) is 6. The second-order valence-electron chi connectivity index (χ2n) is 13.2. The number of hydrogen-bond acceptors (Lipinski definition) is 10. The molecule has 0 radical (unpaired) electrons. The normalized spacial score (nSPS) is 23.7. The van der Waals surface area contributed by atoms with Crippen molar-refractivity contribution in [1.29, 1.82) is 0 Å². The zero-order chi connectivity index (χ0) is 34.8. The topological polar surface area (TPSA) is 177 Å². The van der Waals surface area contributed by atoms with Crippen molar-refractivity contribution >= 4 is 23.2 Å². The SMILES string of the molecule is CCNCCCCN(C)C.Cc1cccc(-c2ccc(O)c3c2C[C@H]2C[C@H]4[C@H](N(C)C)C(=O)C(C(N)=O)=C(O)[C@@]4(O)C(=O)C2=C3O)c1. The molecule has 2 aromatic rings. The summed E-state index contributed by atoms with van der Waals surface area (Å²) in [5.74, 6) is -6.61. The van der Waals surface area contributed by atoms with E-state index in [9.17, 15) is 34.8 Å². The molecule has 47 heavy (non-hydrogen) atoms. The Balaban J connectivity index is 0.000000434. The monoisotopic (exact) mass is 648 g/mol. The molecule has 0 saturated heterocycles. The number of nitrogens with one attached hydrogen (secondary N) is 1. The molecule has 0 aromatic heterocycles. The number of primary amides is 1. The molecule has 3 aliphatic rings. The fourth-order valence-corrected chi connectivity index (χ4v) is 7.18. The fourth-order valence-electron chi connectivity index (χ4n) is 7.18. The Bertz CT molecular complexity index is 1610. The number of ketones is 2. The summed E-state index contributed by atoms with van der Waals surface area (Å²) in [5.41, 5.74) is 5.10. The minimum atomic E-state index is -2.64. The number of nitrogens with two attached hydrogens (primary N) is 1. The first-order valence-corrected chi connectivity index (χ1v) is 16.1. The number of phenols is 1. The van der Waals surface area contributed by atoms with E-state index in [0.717, 1.165) is 23.2 Å². The molecule has 1 amide bonds. The van der Waals surface area contributed by atoms with Gasteiger partial charge in [-0.05, 0) is 109 Å². The smallest absolute Gasteiger partial charge is 0.255 e. The number of carbonyl (C=O) groups is 3. The van der Waals surface area contributed by atoms with Gasteiger partial charge in [-0.2, -0.15) is 0 Å². The van der Waals surface area contributed by atoms with Crippen molar-refractivity contribution in [2.75, 3.05) is 47.8 Å². The van der Waals surface area contributed by atoms with Crippen LogP contribution < -0.4 is 11.1 Å². The number of unbranched alkanes of at least 4 members (excludes halogenated alkanes) is 1. The highest BCUT2D eigenvalue weighted by Gasteiger charge is 2.64. The number of Topliss-reactive ketones (excluding diaryl/α,β-unsaturated/α-hetero) is 2. The maximum atomic E-state index is 13.9. The number of carbonyl (C=O) groups excluding carboxylic acids is 3. The van der Waals surface area contributed by atoms with E-state index in [4.69, 9.17) is 5.73 Å². The van der Waals surface area contributed by atoms with E-state index in [-0.39, 0.29) is 29.7 Å². The Hall–Kier alpha value is -4.03. The van der Waals surface area contributed by atoms with Crippen LogP contribution in [0.15, 0.2) is 53.3 Å². The van der Waals surface area contributed by atoms with Crippen LogP contribution in [0, 0.1) is 18.8 Å². The predicted octanol–water partition coefficient (Wildman–Crippen LogP) is 2.88. The Labute approximate surface area is 276 Å². The van der Waals surface area contributed by atoms with E-state index in [0.29, 0.717) is 5.56 Å². The molecule has 3 aliphatic carbocycles. The highest BCUT2D eigenvalue weighted by atomic mass is 16.3. The van der Waals surface area contributed by atoms with Crippen molar-refractivity contribution < 1.29 is 34.8 Å². The number of aromatic hydroxyl groups is 1. The Morgan fingerprint density at radius 2 is 1.77 bits per heavy atom. The molecule has 11 nitrogen and oxygen atoms in total. The van der Waals surface area contributed by atoms with E-state index in [1.165, 1.54) is 36.9 Å². The molecule has 0 unspecified atom stereocenters. The van der Waals surface area contributed by atoms with E-state index in [1.54, 1.807) is 20.2 Å². The minimum Gasteiger partial charge on any atom is -0.508 e. The summed E-state index contributed by atoms with van der Waals surface area (Å²) >= 11 is 0. The van der Waals surface area contributed by atoms with Crippen LogP contribution in [0.2, 0.25) is 0 Å². The Kier molecular flexibility index (Phi) is 11.0. The third-order valence-electron chi connectivity index (χ3n) is 9.39. The maximum Gasteiger partial charge on any atom is 0.255 e. The molecule has 0 heterocycles. The lowest BCUT2D eigenvalue weighted by Gasteiger charge is -2.50. The minimum absolute atomic E-state index is 0.0503. The van der Waals surface area contributed by atoms with Gasteiger partial charge in [-0.3, -0.25) is 19.3 Å². The van der Waals surface area contributed by atoms with Crippen molar-refractivity contribution in [3.8, 4) is 16.9 Å².